The molecule has 3 nitrogen and oxygen atoms in total. The van der Waals surface area contributed by atoms with E-state index in [4.69, 9.17) is 0 Å². The van der Waals surface area contributed by atoms with Crippen LogP contribution in [0, 0.1) is 15.4 Å². The molecule has 2 aliphatic carbocycles. The summed E-state index contributed by atoms with van der Waals surface area (Å²) in [5.41, 5.74) is 2.57. The zero-order valence-corrected chi connectivity index (χ0v) is 15.4. The van der Waals surface area contributed by atoms with Gasteiger partial charge in [0, 0.05) is 34.3 Å². The van der Waals surface area contributed by atoms with Crippen LogP contribution in [0.15, 0.2) is 30.7 Å². The van der Waals surface area contributed by atoms with Gasteiger partial charge in [-0.15, -0.1) is 0 Å². The van der Waals surface area contributed by atoms with Crippen LogP contribution in [0.3, 0.4) is 0 Å². The van der Waals surface area contributed by atoms with Gasteiger partial charge in [0.25, 0.3) is 0 Å². The molecule has 120 valence electrons. The van der Waals surface area contributed by atoms with Gasteiger partial charge >= 0.3 is 0 Å². The quantitative estimate of drug-likeness (QED) is 0.668. The Kier molecular flexibility index (Phi) is 4.60. The maximum Gasteiger partial charge on any atom is 0.128 e. The van der Waals surface area contributed by atoms with Crippen LogP contribution in [0.2, 0.25) is 0 Å². The van der Waals surface area contributed by atoms with E-state index in [1.54, 1.807) is 0 Å². The Balaban J connectivity index is 1.30. The Morgan fingerprint density at radius 2 is 1.61 bits per heavy atom. The molecule has 2 aromatic heterocycles. The van der Waals surface area contributed by atoms with E-state index >= 15 is 0 Å². The van der Waals surface area contributed by atoms with E-state index in [1.165, 1.54) is 46.9 Å². The third-order valence-corrected chi connectivity index (χ3v) is 5.82. The lowest BCUT2D eigenvalue weighted by Gasteiger charge is -2.11. The summed E-state index contributed by atoms with van der Waals surface area (Å²) < 4.78 is 1.21. The van der Waals surface area contributed by atoms with Crippen LogP contribution in [0.5, 0.6) is 0 Å². The first kappa shape index (κ1) is 15.5. The van der Waals surface area contributed by atoms with Gasteiger partial charge in [-0.3, -0.25) is 4.98 Å². The Morgan fingerprint density at radius 1 is 0.870 bits per heavy atom. The van der Waals surface area contributed by atoms with Gasteiger partial charge in [0.1, 0.15) is 5.82 Å². The maximum atomic E-state index is 4.60. The second kappa shape index (κ2) is 6.83. The fourth-order valence-corrected chi connectivity index (χ4v) is 4.05. The molecule has 0 unspecified atom stereocenters. The molecule has 0 saturated heterocycles. The summed E-state index contributed by atoms with van der Waals surface area (Å²) in [5, 5.41) is 0. The SMILES string of the molecule is Ic1ccc(C[C@H]2CC[C@H](Cc3ncc(C4CC4)cn3)C2)nc1. The standard InChI is InChI=1S/C19H22IN3/c20-17-5-6-18(21-12-17)8-13-1-2-14(7-13)9-19-22-10-16(11-23-19)15-3-4-15/h5-6,10-15H,1-4,7-9H2/t13-,14-/m0/s1. The molecule has 23 heavy (non-hydrogen) atoms. The lowest BCUT2D eigenvalue weighted by atomic mass is 9.98. The highest BCUT2D eigenvalue weighted by atomic mass is 127. The van der Waals surface area contributed by atoms with Gasteiger partial charge in [-0.1, -0.05) is 0 Å². The van der Waals surface area contributed by atoms with Crippen molar-refractivity contribution in [3.63, 3.8) is 0 Å². The normalized spacial score (nSPS) is 24.0. The topological polar surface area (TPSA) is 38.7 Å². The Bertz CT molecular complexity index is 649. The largest absolute Gasteiger partial charge is 0.260 e. The summed E-state index contributed by atoms with van der Waals surface area (Å²) in [5.74, 6) is 3.31. The third-order valence-electron chi connectivity index (χ3n) is 5.18. The molecule has 2 saturated carbocycles. The second-order valence-corrected chi connectivity index (χ2v) is 8.37. The van der Waals surface area contributed by atoms with Gasteiger partial charge in [0.15, 0.2) is 0 Å². The minimum atomic E-state index is 0.746. The van der Waals surface area contributed by atoms with Crippen molar-refractivity contribution in [1.82, 2.24) is 15.0 Å². The van der Waals surface area contributed by atoms with Gasteiger partial charge in [0.05, 0.1) is 0 Å². The van der Waals surface area contributed by atoms with Crippen LogP contribution in [0.4, 0.5) is 0 Å². The second-order valence-electron chi connectivity index (χ2n) is 7.13. The van der Waals surface area contributed by atoms with Crippen LogP contribution in [-0.4, -0.2) is 15.0 Å². The summed E-state index contributed by atoms with van der Waals surface area (Å²) in [6.07, 6.45) is 14.8. The number of hydrogen-bond acceptors (Lipinski definition) is 3. The number of pyridine rings is 1. The molecule has 2 fully saturated rings. The molecule has 0 spiro atoms. The highest BCUT2D eigenvalue weighted by Crippen LogP contribution is 2.39. The van der Waals surface area contributed by atoms with Gasteiger partial charge in [-0.05, 0) is 96.6 Å². The molecule has 4 rings (SSSR count). The first-order valence-electron chi connectivity index (χ1n) is 8.67. The van der Waals surface area contributed by atoms with Crippen molar-refractivity contribution in [3.8, 4) is 0 Å². The molecule has 0 aromatic carbocycles. The number of rotatable bonds is 5. The van der Waals surface area contributed by atoms with Gasteiger partial charge in [0.2, 0.25) is 0 Å². The van der Waals surface area contributed by atoms with Crippen LogP contribution in [-0.2, 0) is 12.8 Å². The van der Waals surface area contributed by atoms with Gasteiger partial charge in [-0.25, -0.2) is 9.97 Å². The molecule has 2 aliphatic rings. The predicted octanol–water partition coefficient (Wildman–Crippen LogP) is 4.56. The van der Waals surface area contributed by atoms with E-state index in [-0.39, 0.29) is 0 Å². The molecular formula is C19H22IN3. The predicted molar refractivity (Wildman–Crippen MR) is 99.2 cm³/mol. The Hall–Kier alpha value is -1.04. The molecular weight excluding hydrogens is 397 g/mol. The molecule has 0 radical (unpaired) electrons. The molecule has 0 N–H and O–H groups in total. The van der Waals surface area contributed by atoms with Crippen molar-refractivity contribution in [1.29, 1.82) is 0 Å². The minimum Gasteiger partial charge on any atom is -0.260 e. The number of aromatic nitrogens is 3. The van der Waals surface area contributed by atoms with Crippen LogP contribution >= 0.6 is 22.6 Å². The average Bonchev–Trinajstić information content (AvgIpc) is 3.32. The third kappa shape index (κ3) is 4.08. The van der Waals surface area contributed by atoms with E-state index in [2.05, 4.69) is 62.1 Å². The average molecular weight is 419 g/mol. The van der Waals surface area contributed by atoms with Gasteiger partial charge in [-0.2, -0.15) is 0 Å². The maximum absolute atomic E-state index is 4.60. The zero-order chi connectivity index (χ0) is 15.6. The van der Waals surface area contributed by atoms with Crippen molar-refractivity contribution in [2.45, 2.75) is 50.9 Å². The molecule has 0 aliphatic heterocycles. The number of nitrogens with zero attached hydrogens (tertiary/aromatic N) is 3. The summed E-state index contributed by atoms with van der Waals surface area (Å²) in [7, 11) is 0. The van der Waals surface area contributed by atoms with Crippen LogP contribution in [0.25, 0.3) is 0 Å². The summed E-state index contributed by atoms with van der Waals surface area (Å²) >= 11 is 2.31. The molecule has 0 bridgehead atoms. The first-order chi connectivity index (χ1) is 11.3. The van der Waals surface area contributed by atoms with E-state index in [0.29, 0.717) is 0 Å². The fraction of sp³-hybridized carbons (Fsp3) is 0.526. The number of hydrogen-bond donors (Lipinski definition) is 0. The Labute approximate surface area is 151 Å². The monoisotopic (exact) mass is 419 g/mol. The Morgan fingerprint density at radius 3 is 2.26 bits per heavy atom. The minimum absolute atomic E-state index is 0.746. The zero-order valence-electron chi connectivity index (χ0n) is 13.3. The fourth-order valence-electron chi connectivity index (χ4n) is 3.73. The lowest BCUT2D eigenvalue weighted by molar-refractivity contribution is 0.476. The summed E-state index contributed by atoms with van der Waals surface area (Å²) in [6.45, 7) is 0. The highest BCUT2D eigenvalue weighted by Gasteiger charge is 2.27. The van der Waals surface area contributed by atoms with Crippen molar-refractivity contribution >= 4 is 22.6 Å². The summed E-state index contributed by atoms with van der Waals surface area (Å²) in [6, 6.07) is 4.33. The van der Waals surface area contributed by atoms with Crippen LogP contribution in [0.1, 0.15) is 55.1 Å². The first-order valence-corrected chi connectivity index (χ1v) is 9.75. The van der Waals surface area contributed by atoms with E-state index in [0.717, 1.165) is 36.4 Å². The summed E-state index contributed by atoms with van der Waals surface area (Å²) in [4.78, 5) is 13.7. The highest BCUT2D eigenvalue weighted by molar-refractivity contribution is 14.1. The number of halogens is 1. The van der Waals surface area contributed by atoms with Crippen molar-refractivity contribution in [3.05, 3.63) is 51.4 Å². The lowest BCUT2D eigenvalue weighted by Crippen LogP contribution is -2.06. The molecule has 4 heteroatoms. The van der Waals surface area contributed by atoms with Crippen molar-refractivity contribution < 1.29 is 0 Å². The smallest absolute Gasteiger partial charge is 0.128 e. The molecule has 2 atom stereocenters. The van der Waals surface area contributed by atoms with E-state index in [1.807, 2.05) is 6.20 Å². The van der Waals surface area contributed by atoms with E-state index < -0.39 is 0 Å². The van der Waals surface area contributed by atoms with Crippen LogP contribution < -0.4 is 0 Å². The molecule has 0 amide bonds. The van der Waals surface area contributed by atoms with Crippen molar-refractivity contribution in [2.75, 3.05) is 0 Å². The van der Waals surface area contributed by atoms with Gasteiger partial charge < -0.3 is 0 Å². The molecule has 2 aromatic rings. The van der Waals surface area contributed by atoms with E-state index in [9.17, 15) is 0 Å². The molecule has 2 heterocycles. The van der Waals surface area contributed by atoms with Crippen molar-refractivity contribution in [2.24, 2.45) is 11.8 Å².